The van der Waals surface area contributed by atoms with E-state index in [1.807, 2.05) is 19.1 Å². The standard InChI is InChI=1S/C48H74O3/c1-13-14-15-20-34(2)21-16-22-35(3)25-18-31-48(12)32-29-42-41(9)45(39(7)40(8)46(42)51-48)50-44(49)33-37(5)24-17-23-36(4)27-28-43-38(6)26-19-30-47(43,10)11/h17,23-24,26-28,33-35,43H,13-16,18-22,25,29-32H2,1-12H3. The van der Waals surface area contributed by atoms with Crippen molar-refractivity contribution in [2.45, 2.75) is 179 Å². The Balaban J connectivity index is 1.55. The zero-order valence-corrected chi connectivity index (χ0v) is 34.9. The van der Waals surface area contributed by atoms with Crippen LogP contribution in [0.4, 0.5) is 0 Å². The summed E-state index contributed by atoms with van der Waals surface area (Å²) in [6.45, 7) is 26.7. The van der Waals surface area contributed by atoms with E-state index in [9.17, 15) is 4.79 Å². The highest BCUT2D eigenvalue weighted by atomic mass is 16.5. The zero-order chi connectivity index (χ0) is 37.8. The molecular formula is C48H74O3. The van der Waals surface area contributed by atoms with E-state index in [-0.39, 0.29) is 17.0 Å². The normalized spacial score (nSPS) is 22.1. The monoisotopic (exact) mass is 699 g/mol. The third kappa shape index (κ3) is 13.0. The highest BCUT2D eigenvalue weighted by Crippen LogP contribution is 2.45. The van der Waals surface area contributed by atoms with Gasteiger partial charge in [0.2, 0.25) is 0 Å². The second kappa shape index (κ2) is 19.9. The van der Waals surface area contributed by atoms with Crippen LogP contribution < -0.4 is 9.47 Å². The van der Waals surface area contributed by atoms with E-state index in [2.05, 4.69) is 100 Å². The maximum absolute atomic E-state index is 13.1. The van der Waals surface area contributed by atoms with Gasteiger partial charge >= 0.3 is 5.97 Å². The van der Waals surface area contributed by atoms with Crippen LogP contribution in [0.5, 0.6) is 11.5 Å². The first kappa shape index (κ1) is 42.6. The molecule has 1 aromatic carbocycles. The van der Waals surface area contributed by atoms with E-state index in [4.69, 9.17) is 9.47 Å². The highest BCUT2D eigenvalue weighted by Gasteiger charge is 2.35. The lowest BCUT2D eigenvalue weighted by Gasteiger charge is -2.38. The van der Waals surface area contributed by atoms with E-state index in [1.54, 1.807) is 6.08 Å². The molecule has 3 rings (SSSR count). The number of rotatable bonds is 18. The Morgan fingerprint density at radius 2 is 1.55 bits per heavy atom. The number of allylic oxidation sites excluding steroid dienone is 9. The predicted molar refractivity (Wildman–Crippen MR) is 220 cm³/mol. The van der Waals surface area contributed by atoms with Gasteiger partial charge in [-0.3, -0.25) is 0 Å². The van der Waals surface area contributed by atoms with Gasteiger partial charge in [0, 0.05) is 17.6 Å². The van der Waals surface area contributed by atoms with Gasteiger partial charge in [-0.05, 0) is 127 Å². The molecule has 1 aliphatic heterocycles. The summed E-state index contributed by atoms with van der Waals surface area (Å²) in [5, 5.41) is 0. The van der Waals surface area contributed by atoms with Crippen LogP contribution in [0, 0.1) is 43.9 Å². The van der Waals surface area contributed by atoms with Crippen molar-refractivity contribution in [3.8, 4) is 11.5 Å². The minimum atomic E-state index is -0.341. The number of carbonyl (C=O) groups excluding carboxylic acids is 1. The Bertz CT molecular complexity index is 1460. The molecule has 0 bridgehead atoms. The van der Waals surface area contributed by atoms with Crippen molar-refractivity contribution < 1.29 is 14.3 Å². The summed E-state index contributed by atoms with van der Waals surface area (Å²) in [5.74, 6) is 3.46. The average molecular weight is 699 g/mol. The van der Waals surface area contributed by atoms with Crippen LogP contribution in [-0.2, 0) is 11.2 Å². The number of hydrogen-bond donors (Lipinski definition) is 0. The molecule has 1 aromatic rings. The minimum absolute atomic E-state index is 0.153. The van der Waals surface area contributed by atoms with Crippen molar-refractivity contribution in [2.75, 3.05) is 0 Å². The molecule has 0 aromatic heterocycles. The van der Waals surface area contributed by atoms with Crippen LogP contribution in [0.3, 0.4) is 0 Å². The number of esters is 1. The summed E-state index contributed by atoms with van der Waals surface area (Å²) >= 11 is 0. The number of unbranched alkanes of at least 4 members (excludes halogenated alkanes) is 2. The third-order valence-corrected chi connectivity index (χ3v) is 12.1. The average Bonchev–Trinajstić information content (AvgIpc) is 3.05. The fourth-order valence-electron chi connectivity index (χ4n) is 8.28. The number of carbonyl (C=O) groups is 1. The summed E-state index contributed by atoms with van der Waals surface area (Å²) in [7, 11) is 0. The first-order valence-corrected chi connectivity index (χ1v) is 20.5. The molecule has 4 unspecified atom stereocenters. The molecule has 0 saturated heterocycles. The summed E-state index contributed by atoms with van der Waals surface area (Å²) < 4.78 is 12.9. The van der Waals surface area contributed by atoms with Crippen molar-refractivity contribution in [1.82, 2.24) is 0 Å². The second-order valence-electron chi connectivity index (χ2n) is 17.5. The van der Waals surface area contributed by atoms with Gasteiger partial charge in [-0.2, -0.15) is 0 Å². The molecule has 1 aliphatic carbocycles. The van der Waals surface area contributed by atoms with E-state index in [0.29, 0.717) is 11.7 Å². The fraction of sp³-hybridized carbons (Fsp3) is 0.646. The van der Waals surface area contributed by atoms with Gasteiger partial charge < -0.3 is 9.47 Å². The molecule has 0 N–H and O–H groups in total. The Kier molecular flexibility index (Phi) is 16.6. The van der Waals surface area contributed by atoms with Crippen LogP contribution in [0.25, 0.3) is 0 Å². The summed E-state index contributed by atoms with van der Waals surface area (Å²) in [6, 6.07) is 0. The van der Waals surface area contributed by atoms with Gasteiger partial charge in [-0.15, -0.1) is 0 Å². The molecule has 51 heavy (non-hydrogen) atoms. The van der Waals surface area contributed by atoms with Gasteiger partial charge in [-0.1, -0.05) is 134 Å². The van der Waals surface area contributed by atoms with Gasteiger partial charge in [0.1, 0.15) is 17.1 Å². The molecule has 0 amide bonds. The predicted octanol–water partition coefficient (Wildman–Crippen LogP) is 14.2. The highest BCUT2D eigenvalue weighted by molar-refractivity contribution is 5.86. The van der Waals surface area contributed by atoms with Crippen molar-refractivity contribution in [1.29, 1.82) is 0 Å². The Morgan fingerprint density at radius 1 is 0.882 bits per heavy atom. The molecule has 0 fully saturated rings. The smallest absolute Gasteiger partial charge is 0.336 e. The van der Waals surface area contributed by atoms with E-state index < -0.39 is 0 Å². The zero-order valence-electron chi connectivity index (χ0n) is 34.9. The van der Waals surface area contributed by atoms with Gasteiger partial charge in [0.25, 0.3) is 0 Å². The van der Waals surface area contributed by atoms with Gasteiger partial charge in [0.05, 0.1) is 0 Å². The molecule has 1 heterocycles. The molecule has 284 valence electrons. The van der Waals surface area contributed by atoms with Gasteiger partial charge in [-0.25, -0.2) is 4.79 Å². The van der Waals surface area contributed by atoms with Crippen LogP contribution in [0.15, 0.2) is 59.3 Å². The number of benzene rings is 1. The Morgan fingerprint density at radius 3 is 2.22 bits per heavy atom. The summed E-state index contributed by atoms with van der Waals surface area (Å²) in [5.41, 5.74) is 7.93. The Labute approximate surface area is 314 Å². The van der Waals surface area contributed by atoms with E-state index in [0.717, 1.165) is 59.1 Å². The molecule has 0 saturated carbocycles. The van der Waals surface area contributed by atoms with E-state index in [1.165, 1.54) is 87.3 Å². The van der Waals surface area contributed by atoms with E-state index >= 15 is 0 Å². The summed E-state index contributed by atoms with van der Waals surface area (Å²) in [4.78, 5) is 13.1. The lowest BCUT2D eigenvalue weighted by Crippen LogP contribution is -2.37. The van der Waals surface area contributed by atoms with Crippen molar-refractivity contribution >= 4 is 5.97 Å². The third-order valence-electron chi connectivity index (χ3n) is 12.1. The molecule has 3 heteroatoms. The topological polar surface area (TPSA) is 35.5 Å². The number of fused-ring (bicyclic) bond motifs is 1. The van der Waals surface area contributed by atoms with Gasteiger partial charge in [0.15, 0.2) is 0 Å². The largest absolute Gasteiger partial charge is 0.487 e. The second-order valence-corrected chi connectivity index (χ2v) is 17.5. The quantitative estimate of drug-likeness (QED) is 0.0382. The van der Waals surface area contributed by atoms with Crippen LogP contribution in [0.1, 0.15) is 168 Å². The van der Waals surface area contributed by atoms with Crippen LogP contribution >= 0.6 is 0 Å². The van der Waals surface area contributed by atoms with Crippen molar-refractivity contribution in [2.24, 2.45) is 23.2 Å². The lowest BCUT2D eigenvalue weighted by atomic mass is 9.68. The van der Waals surface area contributed by atoms with Crippen LogP contribution in [0.2, 0.25) is 0 Å². The molecule has 3 nitrogen and oxygen atoms in total. The SMILES string of the molecule is CCCCCC(C)CCCC(C)CCCC1(C)CCc2c(C)c(OC(=O)C=C(C)C=CC=C(C)C=CC3C(C)=CCCC3(C)C)c(C)c(C)c2O1. The maximum atomic E-state index is 13.1. The molecular weight excluding hydrogens is 625 g/mol. The number of ether oxygens (including phenoxy) is 2. The molecule has 4 atom stereocenters. The fourth-order valence-corrected chi connectivity index (χ4v) is 8.28. The Hall–Kier alpha value is -2.81. The first-order chi connectivity index (χ1) is 24.1. The first-order valence-electron chi connectivity index (χ1n) is 20.5. The lowest BCUT2D eigenvalue weighted by molar-refractivity contribution is -0.129. The molecule has 2 aliphatic rings. The minimum Gasteiger partial charge on any atom is -0.487 e. The van der Waals surface area contributed by atoms with Crippen LogP contribution in [-0.4, -0.2) is 11.6 Å². The van der Waals surface area contributed by atoms with Crippen molar-refractivity contribution in [3.63, 3.8) is 0 Å². The molecule has 0 spiro atoms. The van der Waals surface area contributed by atoms with Crippen molar-refractivity contribution in [3.05, 3.63) is 81.5 Å². The summed E-state index contributed by atoms with van der Waals surface area (Å²) in [6.07, 6.45) is 32.1. The maximum Gasteiger partial charge on any atom is 0.336 e. The molecule has 0 radical (unpaired) electrons. The number of hydrogen-bond acceptors (Lipinski definition) is 3.